The van der Waals surface area contributed by atoms with Crippen LogP contribution >= 0.6 is 0 Å². The van der Waals surface area contributed by atoms with Crippen LogP contribution in [0.3, 0.4) is 0 Å². The molecule has 0 bridgehead atoms. The zero-order chi connectivity index (χ0) is 32.9. The zero-order valence-electron chi connectivity index (χ0n) is 29.0. The standard InChI is InChI=1S/C38H72O7/c39-32-35-31-34(27-23-19-15-11-7-3-1-4-8-12-16-20-24-28-36(41)42)38(33-40,45-35)30-26-22-18-14-10-6-2-5-9-13-17-21-25-29-37(43)44/h34-35,39-40H,1-33H2,(H,41,42)(H,43,44). The van der Waals surface area contributed by atoms with Gasteiger partial charge >= 0.3 is 11.9 Å². The Morgan fingerprint density at radius 3 is 1.18 bits per heavy atom. The lowest BCUT2D eigenvalue weighted by Crippen LogP contribution is -2.40. The Kier molecular flexibility index (Phi) is 27.0. The molecule has 0 aromatic carbocycles. The number of unbranched alkanes of at least 4 members (excludes halogenated alkanes) is 24. The number of aliphatic carboxylic acids is 2. The number of hydrogen-bond acceptors (Lipinski definition) is 5. The average molecular weight is 641 g/mol. The first-order valence-electron chi connectivity index (χ1n) is 19.3. The molecule has 7 nitrogen and oxygen atoms in total. The first-order chi connectivity index (χ1) is 21.9. The van der Waals surface area contributed by atoms with Crippen molar-refractivity contribution in [2.24, 2.45) is 5.92 Å². The molecular weight excluding hydrogens is 568 g/mol. The highest BCUT2D eigenvalue weighted by Crippen LogP contribution is 2.42. The van der Waals surface area contributed by atoms with Crippen LogP contribution in [-0.2, 0) is 14.3 Å². The van der Waals surface area contributed by atoms with Crippen molar-refractivity contribution in [1.82, 2.24) is 0 Å². The number of carboxylic acids is 2. The lowest BCUT2D eigenvalue weighted by Gasteiger charge is -2.33. The van der Waals surface area contributed by atoms with E-state index in [-0.39, 0.29) is 19.3 Å². The van der Waals surface area contributed by atoms with Gasteiger partial charge in [-0.3, -0.25) is 9.59 Å². The van der Waals surface area contributed by atoms with Gasteiger partial charge in [-0.1, -0.05) is 154 Å². The second-order valence-electron chi connectivity index (χ2n) is 14.1. The van der Waals surface area contributed by atoms with E-state index in [1.165, 1.54) is 128 Å². The van der Waals surface area contributed by atoms with E-state index in [1.807, 2.05) is 0 Å². The minimum Gasteiger partial charge on any atom is -0.481 e. The van der Waals surface area contributed by atoms with Crippen LogP contribution in [0.25, 0.3) is 0 Å². The molecule has 1 heterocycles. The molecule has 3 unspecified atom stereocenters. The predicted octanol–water partition coefficient (Wildman–Crippen LogP) is 9.99. The molecule has 1 fully saturated rings. The number of hydrogen-bond donors (Lipinski definition) is 4. The van der Waals surface area contributed by atoms with Crippen molar-refractivity contribution in [3.63, 3.8) is 0 Å². The van der Waals surface area contributed by atoms with Gasteiger partial charge in [0.15, 0.2) is 0 Å². The normalized spacial score (nSPS) is 19.8. The SMILES string of the molecule is O=C(O)CCCCCCCCCCCCCCCC1CC(CO)OC1(CO)CCCCCCCCCCCCCCCC(=O)O. The van der Waals surface area contributed by atoms with Crippen LogP contribution in [-0.4, -0.2) is 57.3 Å². The zero-order valence-corrected chi connectivity index (χ0v) is 29.0. The van der Waals surface area contributed by atoms with Gasteiger partial charge in [-0.2, -0.15) is 0 Å². The maximum absolute atomic E-state index is 10.5. The number of carbonyl (C=O) groups is 2. The third-order valence-electron chi connectivity index (χ3n) is 10.1. The number of ether oxygens (including phenoxy) is 1. The van der Waals surface area contributed by atoms with Gasteiger partial charge in [0.1, 0.15) is 0 Å². The number of rotatable bonds is 34. The van der Waals surface area contributed by atoms with E-state index in [0.29, 0.717) is 18.8 Å². The molecule has 1 rings (SSSR count). The van der Waals surface area contributed by atoms with Gasteiger partial charge in [0.2, 0.25) is 0 Å². The monoisotopic (exact) mass is 641 g/mol. The van der Waals surface area contributed by atoms with Crippen LogP contribution < -0.4 is 0 Å². The fourth-order valence-electron chi connectivity index (χ4n) is 7.27. The number of aliphatic hydroxyl groups excluding tert-OH is 2. The molecule has 1 aliphatic rings. The molecule has 0 amide bonds. The summed E-state index contributed by atoms with van der Waals surface area (Å²) in [6.45, 7) is 0.115. The average Bonchev–Trinajstić information content (AvgIpc) is 3.38. The van der Waals surface area contributed by atoms with Crippen LogP contribution in [0.1, 0.15) is 199 Å². The fraction of sp³-hybridized carbons (Fsp3) is 0.947. The Labute approximate surface area is 276 Å². The van der Waals surface area contributed by atoms with Gasteiger partial charge < -0.3 is 25.2 Å². The summed E-state index contributed by atoms with van der Waals surface area (Å²) in [5.41, 5.74) is -0.461. The molecule has 0 aromatic heterocycles. The summed E-state index contributed by atoms with van der Waals surface area (Å²) in [5, 5.41) is 37.6. The van der Waals surface area contributed by atoms with E-state index in [4.69, 9.17) is 14.9 Å². The lowest BCUT2D eigenvalue weighted by atomic mass is 9.80. The Morgan fingerprint density at radius 2 is 0.844 bits per heavy atom. The third kappa shape index (κ3) is 22.9. The van der Waals surface area contributed by atoms with Gasteiger partial charge in [-0.15, -0.1) is 0 Å². The minimum absolute atomic E-state index is 0.0493. The molecule has 4 N–H and O–H groups in total. The van der Waals surface area contributed by atoms with Gasteiger partial charge in [0.05, 0.1) is 24.9 Å². The van der Waals surface area contributed by atoms with Crippen molar-refractivity contribution in [2.75, 3.05) is 13.2 Å². The summed E-state index contributed by atoms with van der Waals surface area (Å²) in [6, 6.07) is 0. The van der Waals surface area contributed by atoms with Crippen LogP contribution in [0.15, 0.2) is 0 Å². The smallest absolute Gasteiger partial charge is 0.303 e. The molecule has 0 spiro atoms. The number of carboxylic acid groups (broad SMARTS) is 2. The second-order valence-corrected chi connectivity index (χ2v) is 14.1. The molecule has 0 aromatic rings. The van der Waals surface area contributed by atoms with Gasteiger partial charge in [-0.05, 0) is 38.0 Å². The molecular formula is C38H72O7. The van der Waals surface area contributed by atoms with E-state index in [1.54, 1.807) is 0 Å². The van der Waals surface area contributed by atoms with Crippen LogP contribution in [0.5, 0.6) is 0 Å². The molecule has 1 saturated heterocycles. The van der Waals surface area contributed by atoms with Crippen molar-refractivity contribution < 1.29 is 34.8 Å². The summed E-state index contributed by atoms with van der Waals surface area (Å²) in [4.78, 5) is 21.1. The molecule has 3 atom stereocenters. The molecule has 1 aliphatic heterocycles. The molecule has 266 valence electrons. The molecule has 0 aliphatic carbocycles. The first kappa shape index (κ1) is 41.8. The van der Waals surface area contributed by atoms with Crippen molar-refractivity contribution in [3.8, 4) is 0 Å². The maximum Gasteiger partial charge on any atom is 0.303 e. The van der Waals surface area contributed by atoms with Crippen LogP contribution in [0, 0.1) is 5.92 Å². The molecule has 0 radical (unpaired) electrons. The van der Waals surface area contributed by atoms with Crippen LogP contribution in [0.2, 0.25) is 0 Å². The quantitative estimate of drug-likeness (QED) is 0.0516. The summed E-state index contributed by atoms with van der Waals surface area (Å²) in [7, 11) is 0. The van der Waals surface area contributed by atoms with Crippen molar-refractivity contribution in [3.05, 3.63) is 0 Å². The maximum atomic E-state index is 10.5. The molecule has 0 saturated carbocycles. The fourth-order valence-corrected chi connectivity index (χ4v) is 7.27. The topological polar surface area (TPSA) is 124 Å². The number of aliphatic hydroxyl groups is 2. The lowest BCUT2D eigenvalue weighted by molar-refractivity contribution is -0.138. The van der Waals surface area contributed by atoms with E-state index >= 15 is 0 Å². The second kappa shape index (κ2) is 29.0. The Bertz CT molecular complexity index is 700. The summed E-state index contributed by atoms with van der Waals surface area (Å²) < 4.78 is 6.31. The summed E-state index contributed by atoms with van der Waals surface area (Å²) >= 11 is 0. The van der Waals surface area contributed by atoms with E-state index in [2.05, 4.69) is 0 Å². The minimum atomic E-state index is -0.679. The highest BCUT2D eigenvalue weighted by molar-refractivity contribution is 5.66. The Hall–Kier alpha value is -1.18. The Morgan fingerprint density at radius 1 is 0.511 bits per heavy atom. The summed E-state index contributed by atoms with van der Waals surface area (Å²) in [5.74, 6) is -1.01. The van der Waals surface area contributed by atoms with Gasteiger partial charge in [-0.25, -0.2) is 0 Å². The largest absolute Gasteiger partial charge is 0.481 e. The van der Waals surface area contributed by atoms with E-state index < -0.39 is 17.5 Å². The highest BCUT2D eigenvalue weighted by atomic mass is 16.5. The van der Waals surface area contributed by atoms with E-state index in [9.17, 15) is 19.8 Å². The molecule has 45 heavy (non-hydrogen) atoms. The van der Waals surface area contributed by atoms with Crippen LogP contribution in [0.4, 0.5) is 0 Å². The van der Waals surface area contributed by atoms with E-state index in [0.717, 1.165) is 57.8 Å². The van der Waals surface area contributed by atoms with Gasteiger partial charge in [0.25, 0.3) is 0 Å². The Balaban J connectivity index is 2.04. The predicted molar refractivity (Wildman–Crippen MR) is 184 cm³/mol. The van der Waals surface area contributed by atoms with Gasteiger partial charge in [0, 0.05) is 12.8 Å². The van der Waals surface area contributed by atoms with Crippen molar-refractivity contribution in [2.45, 2.75) is 211 Å². The van der Waals surface area contributed by atoms with Crippen molar-refractivity contribution >= 4 is 11.9 Å². The first-order valence-corrected chi connectivity index (χ1v) is 19.3. The summed E-state index contributed by atoms with van der Waals surface area (Å²) in [6.07, 6.45) is 34.7. The van der Waals surface area contributed by atoms with Crippen molar-refractivity contribution in [1.29, 1.82) is 0 Å². The highest BCUT2D eigenvalue weighted by Gasteiger charge is 2.46. The third-order valence-corrected chi connectivity index (χ3v) is 10.1. The molecule has 7 heteroatoms.